The van der Waals surface area contributed by atoms with Crippen LogP contribution in [0.25, 0.3) is 0 Å². The van der Waals surface area contributed by atoms with E-state index in [0.717, 1.165) is 11.4 Å². The van der Waals surface area contributed by atoms with Crippen LogP contribution in [0.1, 0.15) is 78.9 Å². The summed E-state index contributed by atoms with van der Waals surface area (Å²) in [6.45, 7) is 0. The van der Waals surface area contributed by atoms with Crippen molar-refractivity contribution in [3.63, 3.8) is 0 Å². The van der Waals surface area contributed by atoms with Crippen molar-refractivity contribution in [1.82, 2.24) is 9.97 Å². The molecule has 4 bridgehead atoms. The highest BCUT2D eigenvalue weighted by molar-refractivity contribution is 5.78. The van der Waals surface area contributed by atoms with E-state index in [1.807, 2.05) is 12.4 Å². The molecule has 2 nitrogen and oxygen atoms in total. The first kappa shape index (κ1) is 22.4. The molecule has 194 valence electrons. The van der Waals surface area contributed by atoms with E-state index < -0.39 is 10.8 Å². The third kappa shape index (κ3) is 2.42. The van der Waals surface area contributed by atoms with Crippen LogP contribution in [-0.2, 0) is 10.8 Å². The molecule has 0 aliphatic heterocycles. The summed E-state index contributed by atoms with van der Waals surface area (Å²) >= 11 is 0. The monoisotopic (exact) mass is 532 g/mol. The van der Waals surface area contributed by atoms with Gasteiger partial charge in [0.1, 0.15) is 10.8 Å². The Balaban J connectivity index is 1.38. The number of benzene rings is 4. The zero-order chi connectivity index (χ0) is 27.5. The Labute approximate surface area is 244 Å². The molecule has 6 aliphatic carbocycles. The van der Waals surface area contributed by atoms with Crippen LogP contribution in [-0.4, -0.2) is 9.97 Å². The van der Waals surface area contributed by atoms with E-state index in [1.165, 1.54) is 55.6 Å². The quantitative estimate of drug-likeness (QED) is 0.190. The van der Waals surface area contributed by atoms with Crippen molar-refractivity contribution in [1.29, 1.82) is 0 Å². The van der Waals surface area contributed by atoms with Gasteiger partial charge in [0.2, 0.25) is 0 Å². The van der Waals surface area contributed by atoms with Gasteiger partial charge in [-0.05, 0) is 67.8 Å². The highest BCUT2D eigenvalue weighted by Gasteiger charge is 2.55. The highest BCUT2D eigenvalue weighted by Crippen LogP contribution is 2.60. The van der Waals surface area contributed by atoms with Gasteiger partial charge >= 0.3 is 0 Å². The van der Waals surface area contributed by atoms with Crippen LogP contribution in [0.5, 0.6) is 0 Å². The molecule has 12 rings (SSSR count). The second-order valence-corrected chi connectivity index (χ2v) is 11.8. The van der Waals surface area contributed by atoms with Crippen LogP contribution in [0, 0.1) is 11.8 Å². The second-order valence-electron chi connectivity index (χ2n) is 11.8. The lowest BCUT2D eigenvalue weighted by Crippen LogP contribution is -2.44. The van der Waals surface area contributed by atoms with E-state index in [2.05, 4.69) is 133 Å². The van der Waals surface area contributed by atoms with Gasteiger partial charge in [-0.25, -0.2) is 0 Å². The molecule has 4 aromatic carbocycles. The van der Waals surface area contributed by atoms with Crippen LogP contribution in [0.2, 0.25) is 0 Å². The Morgan fingerprint density at radius 1 is 0.381 bits per heavy atom. The Morgan fingerprint density at radius 2 is 0.690 bits per heavy atom. The van der Waals surface area contributed by atoms with Gasteiger partial charge < -0.3 is 0 Å². The fourth-order valence-electron chi connectivity index (χ4n) is 8.67. The zero-order valence-corrected chi connectivity index (χ0v) is 22.8. The average molecular weight is 533 g/mol. The van der Waals surface area contributed by atoms with E-state index in [4.69, 9.17) is 9.97 Å². The molecule has 0 N–H and O–H groups in total. The number of hydrogen-bond acceptors (Lipinski definition) is 2. The van der Waals surface area contributed by atoms with Crippen LogP contribution in [0.15, 0.2) is 134 Å². The molecule has 0 radical (unpaired) electrons. The molecule has 2 aromatic heterocycles. The molecule has 6 aromatic rings. The SMILES string of the molecule is C(#CC12c3ccccc3C(c3ccccc31)c1cccnc12)C12c3ccccc3C(c3ccccc31)c1cccnc12. The lowest BCUT2D eigenvalue weighted by atomic mass is 9.52. The van der Waals surface area contributed by atoms with Crippen molar-refractivity contribution in [3.8, 4) is 11.8 Å². The smallest absolute Gasteiger partial charge is 0.124 e. The van der Waals surface area contributed by atoms with Crippen molar-refractivity contribution in [3.05, 3.63) is 201 Å². The van der Waals surface area contributed by atoms with E-state index in [1.54, 1.807) is 0 Å². The first-order valence-electron chi connectivity index (χ1n) is 14.7. The second kappa shape index (κ2) is 7.72. The van der Waals surface area contributed by atoms with Gasteiger partial charge in [0, 0.05) is 24.2 Å². The summed E-state index contributed by atoms with van der Waals surface area (Å²) in [4.78, 5) is 10.2. The lowest BCUT2D eigenvalue weighted by Gasteiger charge is -2.49. The van der Waals surface area contributed by atoms with Crippen molar-refractivity contribution >= 4 is 0 Å². The largest absolute Gasteiger partial charge is 0.259 e. The number of aromatic nitrogens is 2. The molecule has 0 fully saturated rings. The summed E-state index contributed by atoms with van der Waals surface area (Å²) in [7, 11) is 0. The molecule has 0 unspecified atom stereocenters. The zero-order valence-electron chi connectivity index (χ0n) is 22.8. The minimum Gasteiger partial charge on any atom is -0.259 e. The van der Waals surface area contributed by atoms with Gasteiger partial charge in [0.05, 0.1) is 11.4 Å². The molecule has 42 heavy (non-hydrogen) atoms. The fourth-order valence-corrected chi connectivity index (χ4v) is 8.67. The maximum Gasteiger partial charge on any atom is 0.124 e. The highest BCUT2D eigenvalue weighted by atomic mass is 14.8. The van der Waals surface area contributed by atoms with E-state index in [9.17, 15) is 0 Å². The number of nitrogens with zero attached hydrogens (tertiary/aromatic N) is 2. The molecule has 0 spiro atoms. The first-order chi connectivity index (χ1) is 20.8. The minimum atomic E-state index is -0.694. The van der Waals surface area contributed by atoms with Crippen LogP contribution >= 0.6 is 0 Å². The third-order valence-electron chi connectivity index (χ3n) is 10.2. The van der Waals surface area contributed by atoms with Crippen LogP contribution in [0.3, 0.4) is 0 Å². The first-order valence-corrected chi connectivity index (χ1v) is 14.7. The van der Waals surface area contributed by atoms with Gasteiger partial charge in [-0.15, -0.1) is 0 Å². The minimum absolute atomic E-state index is 0.164. The van der Waals surface area contributed by atoms with Crippen LogP contribution < -0.4 is 0 Å². The van der Waals surface area contributed by atoms with E-state index >= 15 is 0 Å². The molecule has 6 aliphatic rings. The Kier molecular flexibility index (Phi) is 4.12. The summed E-state index contributed by atoms with van der Waals surface area (Å²) in [5, 5.41) is 0. The topological polar surface area (TPSA) is 25.8 Å². The number of hydrogen-bond donors (Lipinski definition) is 0. The summed E-state index contributed by atoms with van der Waals surface area (Å²) in [6, 6.07) is 44.1. The standard InChI is InChI=1S/C40H24N2/c1-5-17-31-25(11-1)35-26-12-2-6-18-32(26)39(31,37-29(35)15-9-23-41-37)21-22-40-33-19-7-3-13-27(33)36(28-14-4-8-20-34(28)40)30-16-10-24-42-38(30)40/h1-20,23-24,35-36H. The van der Waals surface area contributed by atoms with Gasteiger partial charge in [-0.1, -0.05) is 121 Å². The predicted octanol–water partition coefficient (Wildman–Crippen LogP) is 7.46. The lowest BCUT2D eigenvalue weighted by molar-refractivity contribution is 0.624. The fraction of sp³-hybridized carbons (Fsp3) is 0.100. The normalized spacial score (nSPS) is 24.2. The maximum atomic E-state index is 5.11. The Bertz CT molecular complexity index is 1810. The van der Waals surface area contributed by atoms with E-state index in [0.29, 0.717) is 0 Å². The van der Waals surface area contributed by atoms with Crippen molar-refractivity contribution in [2.24, 2.45) is 0 Å². The summed E-state index contributed by atoms with van der Waals surface area (Å²) in [6.07, 6.45) is 3.86. The maximum absolute atomic E-state index is 5.11. The van der Waals surface area contributed by atoms with Gasteiger partial charge in [-0.3, -0.25) is 9.97 Å². The molecule has 2 heterocycles. The summed E-state index contributed by atoms with van der Waals surface area (Å²) in [5.41, 5.74) is 13.5. The van der Waals surface area contributed by atoms with Crippen molar-refractivity contribution in [2.75, 3.05) is 0 Å². The van der Waals surface area contributed by atoms with Gasteiger partial charge in [-0.2, -0.15) is 0 Å². The molecule has 0 saturated carbocycles. The predicted molar refractivity (Wildman–Crippen MR) is 164 cm³/mol. The van der Waals surface area contributed by atoms with E-state index in [-0.39, 0.29) is 11.8 Å². The molecular formula is C40H24N2. The third-order valence-corrected chi connectivity index (χ3v) is 10.2. The molecule has 0 atom stereocenters. The molecular weight excluding hydrogens is 508 g/mol. The number of rotatable bonds is 0. The van der Waals surface area contributed by atoms with Crippen LogP contribution in [0.4, 0.5) is 0 Å². The summed E-state index contributed by atoms with van der Waals surface area (Å²) in [5.74, 6) is 8.42. The van der Waals surface area contributed by atoms with Gasteiger partial charge in [0.15, 0.2) is 0 Å². The van der Waals surface area contributed by atoms with Crippen molar-refractivity contribution < 1.29 is 0 Å². The molecule has 2 heteroatoms. The Morgan fingerprint density at radius 3 is 1.05 bits per heavy atom. The average Bonchev–Trinajstić information content (AvgIpc) is 3.07. The molecule has 0 amide bonds. The molecule has 0 saturated heterocycles. The summed E-state index contributed by atoms with van der Waals surface area (Å²) < 4.78 is 0. The Hall–Kier alpha value is -5.26. The van der Waals surface area contributed by atoms with Crippen molar-refractivity contribution in [2.45, 2.75) is 22.7 Å². The number of pyridine rings is 2. The van der Waals surface area contributed by atoms with Gasteiger partial charge in [0.25, 0.3) is 0 Å².